The van der Waals surface area contributed by atoms with Crippen molar-refractivity contribution in [2.75, 3.05) is 29.5 Å². The van der Waals surface area contributed by atoms with Gasteiger partial charge in [-0.15, -0.1) is 10.2 Å². The Labute approximate surface area is 248 Å². The summed E-state index contributed by atoms with van der Waals surface area (Å²) in [6.45, 7) is 9.54. The predicted octanol–water partition coefficient (Wildman–Crippen LogP) is 6.64. The van der Waals surface area contributed by atoms with Crippen LogP contribution in [-0.2, 0) is 9.47 Å². The molecule has 0 aliphatic carbocycles. The molecule has 1 fully saturated rings. The van der Waals surface area contributed by atoms with Crippen LogP contribution in [0.25, 0.3) is 11.5 Å². The van der Waals surface area contributed by atoms with Crippen molar-refractivity contribution in [3.8, 4) is 11.5 Å². The van der Waals surface area contributed by atoms with Gasteiger partial charge in [0.15, 0.2) is 5.82 Å². The molecule has 230 valence electrons. The fraction of sp³-hybridized carbons (Fsp3) is 0.433. The number of urea groups is 1. The van der Waals surface area contributed by atoms with Gasteiger partial charge in [-0.05, 0) is 57.7 Å². The number of piperidine rings is 1. The Bertz CT molecular complexity index is 1420. The van der Waals surface area contributed by atoms with Gasteiger partial charge in [0.1, 0.15) is 11.4 Å². The fourth-order valence-corrected chi connectivity index (χ4v) is 4.56. The number of ether oxygens (including phenoxy) is 2. The molecular weight excluding hydrogens is 564 g/mol. The number of benzene rings is 2. The zero-order valence-electron chi connectivity index (χ0n) is 24.8. The standard InChI is InChI=1S/C30H35F2N5O6/c1-19(2)17-41-28(39)35-13-11-21(12-14-35)36(20-9-7-6-8-10-20)27(38)37(29(40)43-30(3,4)5)25-15-22(23(31)16-24(25)32)26-34-33-18-42-26/h6-10,15-16,18-19,21H,11-14,17H2,1-5H3. The number of nitrogens with zero attached hydrogens (tertiary/aromatic N) is 5. The van der Waals surface area contributed by atoms with E-state index in [1.807, 2.05) is 13.8 Å². The summed E-state index contributed by atoms with van der Waals surface area (Å²) in [6.07, 6.45) is 0.0471. The Morgan fingerprint density at radius 2 is 1.74 bits per heavy atom. The number of likely N-dealkylation sites (tertiary alicyclic amines) is 1. The lowest BCUT2D eigenvalue weighted by atomic mass is 10.0. The van der Waals surface area contributed by atoms with Crippen molar-refractivity contribution in [1.82, 2.24) is 15.1 Å². The topological polar surface area (TPSA) is 118 Å². The number of hydrogen-bond donors (Lipinski definition) is 0. The first kappa shape index (κ1) is 31.4. The molecule has 0 saturated carbocycles. The van der Waals surface area contributed by atoms with Crippen molar-refractivity contribution in [3.63, 3.8) is 0 Å². The van der Waals surface area contributed by atoms with Gasteiger partial charge in [-0.2, -0.15) is 4.90 Å². The highest BCUT2D eigenvalue weighted by atomic mass is 19.1. The van der Waals surface area contributed by atoms with Gasteiger partial charge in [-0.1, -0.05) is 32.0 Å². The summed E-state index contributed by atoms with van der Waals surface area (Å²) in [5.74, 6) is -2.31. The number of amides is 4. The van der Waals surface area contributed by atoms with Crippen molar-refractivity contribution in [3.05, 3.63) is 60.5 Å². The Kier molecular flexibility index (Phi) is 9.62. The Balaban J connectivity index is 1.73. The van der Waals surface area contributed by atoms with Crippen LogP contribution in [0.2, 0.25) is 0 Å². The largest absolute Gasteiger partial charge is 0.449 e. The molecular formula is C30H35F2N5O6. The molecule has 3 aromatic rings. The molecule has 0 spiro atoms. The van der Waals surface area contributed by atoms with Crippen molar-refractivity contribution >= 4 is 29.6 Å². The highest BCUT2D eigenvalue weighted by Gasteiger charge is 2.39. The maximum absolute atomic E-state index is 15.5. The summed E-state index contributed by atoms with van der Waals surface area (Å²) in [7, 11) is 0. The number of hydrogen-bond acceptors (Lipinski definition) is 8. The zero-order chi connectivity index (χ0) is 31.3. The van der Waals surface area contributed by atoms with Gasteiger partial charge in [0.2, 0.25) is 12.3 Å². The normalized spacial score (nSPS) is 14.0. The minimum absolute atomic E-state index is 0.179. The lowest BCUT2D eigenvalue weighted by Crippen LogP contribution is -2.55. The molecule has 11 nitrogen and oxygen atoms in total. The minimum atomic E-state index is -1.18. The summed E-state index contributed by atoms with van der Waals surface area (Å²) in [5.41, 5.74) is -1.50. The molecule has 2 aromatic carbocycles. The number of imide groups is 1. The molecule has 0 atom stereocenters. The van der Waals surface area contributed by atoms with Crippen molar-refractivity contribution in [2.45, 2.75) is 59.1 Å². The quantitative estimate of drug-likeness (QED) is 0.309. The smallest absolute Gasteiger partial charge is 0.423 e. The van der Waals surface area contributed by atoms with E-state index in [0.29, 0.717) is 29.5 Å². The van der Waals surface area contributed by atoms with Crippen LogP contribution >= 0.6 is 0 Å². The van der Waals surface area contributed by atoms with E-state index >= 15 is 4.39 Å². The molecule has 4 amide bonds. The van der Waals surface area contributed by atoms with Crippen LogP contribution in [0.1, 0.15) is 47.5 Å². The number of aromatic nitrogens is 2. The Morgan fingerprint density at radius 3 is 2.33 bits per heavy atom. The Hall–Kier alpha value is -4.55. The van der Waals surface area contributed by atoms with Gasteiger partial charge >= 0.3 is 18.2 Å². The number of halogens is 2. The maximum atomic E-state index is 15.5. The third-order valence-corrected chi connectivity index (χ3v) is 6.50. The van der Waals surface area contributed by atoms with Crippen LogP contribution < -0.4 is 9.80 Å². The molecule has 2 heterocycles. The van der Waals surface area contributed by atoms with E-state index in [9.17, 15) is 18.8 Å². The molecule has 1 aromatic heterocycles. The van der Waals surface area contributed by atoms with Crippen LogP contribution in [0.3, 0.4) is 0 Å². The van der Waals surface area contributed by atoms with Gasteiger partial charge in [0.05, 0.1) is 17.9 Å². The van der Waals surface area contributed by atoms with Gasteiger partial charge in [-0.3, -0.25) is 4.90 Å². The van der Waals surface area contributed by atoms with E-state index in [2.05, 4.69) is 10.2 Å². The summed E-state index contributed by atoms with van der Waals surface area (Å²) < 4.78 is 46.2. The molecule has 0 bridgehead atoms. The highest BCUT2D eigenvalue weighted by Crippen LogP contribution is 2.33. The number of rotatable bonds is 6. The van der Waals surface area contributed by atoms with E-state index in [0.717, 1.165) is 12.5 Å². The third kappa shape index (κ3) is 7.65. The van der Waals surface area contributed by atoms with Crippen LogP contribution in [0.5, 0.6) is 0 Å². The first-order chi connectivity index (χ1) is 20.4. The zero-order valence-corrected chi connectivity index (χ0v) is 24.8. The monoisotopic (exact) mass is 599 g/mol. The summed E-state index contributed by atoms with van der Waals surface area (Å²) in [4.78, 5) is 44.1. The first-order valence-corrected chi connectivity index (χ1v) is 13.9. The molecule has 1 saturated heterocycles. The third-order valence-electron chi connectivity index (χ3n) is 6.50. The van der Waals surface area contributed by atoms with E-state index < -0.39 is 47.2 Å². The van der Waals surface area contributed by atoms with E-state index in [1.165, 1.54) is 4.90 Å². The molecule has 0 N–H and O–H groups in total. The van der Waals surface area contributed by atoms with E-state index in [-0.39, 0.29) is 37.1 Å². The second-order valence-corrected chi connectivity index (χ2v) is 11.5. The molecule has 13 heteroatoms. The van der Waals surface area contributed by atoms with Gasteiger partial charge < -0.3 is 18.8 Å². The van der Waals surface area contributed by atoms with Crippen molar-refractivity contribution < 1.29 is 37.1 Å². The van der Waals surface area contributed by atoms with Crippen LogP contribution in [-0.4, -0.2) is 64.7 Å². The summed E-state index contributed by atoms with van der Waals surface area (Å²) >= 11 is 0. The molecule has 0 radical (unpaired) electrons. The van der Waals surface area contributed by atoms with Crippen LogP contribution in [0.4, 0.5) is 34.5 Å². The fourth-order valence-electron chi connectivity index (χ4n) is 4.56. The summed E-state index contributed by atoms with van der Waals surface area (Å²) in [5, 5.41) is 7.20. The van der Waals surface area contributed by atoms with E-state index in [1.54, 1.807) is 56.0 Å². The first-order valence-electron chi connectivity index (χ1n) is 13.9. The lowest BCUT2D eigenvalue weighted by molar-refractivity contribution is 0.0592. The lowest BCUT2D eigenvalue weighted by Gasteiger charge is -2.40. The van der Waals surface area contributed by atoms with Gasteiger partial charge in [0.25, 0.3) is 0 Å². The second kappa shape index (κ2) is 13.2. The number of anilines is 2. The highest BCUT2D eigenvalue weighted by molar-refractivity contribution is 6.18. The molecule has 1 aliphatic heterocycles. The van der Waals surface area contributed by atoms with E-state index in [4.69, 9.17) is 13.9 Å². The Morgan fingerprint density at radius 1 is 1.07 bits per heavy atom. The number of para-hydroxylation sites is 1. The van der Waals surface area contributed by atoms with Gasteiger partial charge in [-0.25, -0.2) is 23.2 Å². The average Bonchev–Trinajstić information content (AvgIpc) is 3.48. The SMILES string of the molecule is CC(C)COC(=O)N1CCC(N(C(=O)N(C(=O)OC(C)(C)C)c2cc(-c3nnco3)c(F)cc2F)c2ccccc2)CC1. The van der Waals surface area contributed by atoms with Crippen LogP contribution in [0, 0.1) is 17.6 Å². The van der Waals surface area contributed by atoms with Crippen LogP contribution in [0.15, 0.2) is 53.3 Å². The second-order valence-electron chi connectivity index (χ2n) is 11.5. The molecule has 4 rings (SSSR count). The predicted molar refractivity (Wildman–Crippen MR) is 153 cm³/mol. The molecule has 0 unspecified atom stereocenters. The van der Waals surface area contributed by atoms with Crippen molar-refractivity contribution in [1.29, 1.82) is 0 Å². The maximum Gasteiger partial charge on any atom is 0.423 e. The number of carbonyl (C=O) groups is 3. The molecule has 43 heavy (non-hydrogen) atoms. The van der Waals surface area contributed by atoms with Crippen molar-refractivity contribution in [2.24, 2.45) is 5.92 Å². The number of carbonyl (C=O) groups excluding carboxylic acids is 3. The molecule has 1 aliphatic rings. The van der Waals surface area contributed by atoms with Gasteiger partial charge in [0, 0.05) is 30.9 Å². The minimum Gasteiger partial charge on any atom is -0.449 e. The summed E-state index contributed by atoms with van der Waals surface area (Å²) in [6, 6.07) is 8.64. The average molecular weight is 600 g/mol.